The van der Waals surface area contributed by atoms with E-state index in [0.717, 1.165) is 22.0 Å². The van der Waals surface area contributed by atoms with Crippen LogP contribution in [0.2, 0.25) is 0 Å². The average Bonchev–Trinajstić information content (AvgIpc) is 3.18. The Morgan fingerprint density at radius 3 is 2.78 bits per heavy atom. The molecule has 0 bridgehead atoms. The Morgan fingerprint density at radius 2 is 2.09 bits per heavy atom. The van der Waals surface area contributed by atoms with E-state index in [0.29, 0.717) is 6.54 Å². The number of hydrogen-bond donors (Lipinski definition) is 1. The molecule has 1 amide bonds. The normalized spacial score (nSPS) is 10.9. The van der Waals surface area contributed by atoms with Crippen LogP contribution in [-0.2, 0) is 11.3 Å². The fourth-order valence-corrected chi connectivity index (χ4v) is 3.42. The summed E-state index contributed by atoms with van der Waals surface area (Å²) in [6, 6.07) is 7.83. The first-order chi connectivity index (χ1) is 11.0. The Kier molecular flexibility index (Phi) is 4.34. The van der Waals surface area contributed by atoms with E-state index in [4.69, 9.17) is 4.42 Å². The van der Waals surface area contributed by atoms with Crippen LogP contribution in [0.1, 0.15) is 16.9 Å². The predicted molar refractivity (Wildman–Crippen MR) is 92.9 cm³/mol. The highest BCUT2D eigenvalue weighted by Crippen LogP contribution is 2.32. The highest BCUT2D eigenvalue weighted by molar-refractivity contribution is 7.22. The SMILES string of the molecule is Cc1ccc(C)c2sc(N(C)CC(=O)NCc3ccco3)nc12. The van der Waals surface area contributed by atoms with E-state index < -0.39 is 0 Å². The molecule has 0 aliphatic rings. The van der Waals surface area contributed by atoms with Gasteiger partial charge >= 0.3 is 0 Å². The number of thiazole rings is 1. The van der Waals surface area contributed by atoms with Crippen LogP contribution in [-0.4, -0.2) is 24.5 Å². The second-order valence-corrected chi connectivity index (χ2v) is 6.56. The summed E-state index contributed by atoms with van der Waals surface area (Å²) in [5.74, 6) is 0.684. The van der Waals surface area contributed by atoms with Gasteiger partial charge in [-0.3, -0.25) is 4.79 Å². The molecule has 0 radical (unpaired) electrons. The first-order valence-corrected chi connectivity index (χ1v) is 8.23. The fourth-order valence-electron chi connectivity index (χ4n) is 2.35. The van der Waals surface area contributed by atoms with Crippen LogP contribution >= 0.6 is 11.3 Å². The Bertz CT molecular complexity index is 785. The van der Waals surface area contributed by atoms with Crippen molar-refractivity contribution in [1.29, 1.82) is 0 Å². The van der Waals surface area contributed by atoms with Crippen LogP contribution in [0.5, 0.6) is 0 Å². The molecule has 0 fully saturated rings. The average molecular weight is 329 g/mol. The van der Waals surface area contributed by atoms with Gasteiger partial charge in [0.2, 0.25) is 5.91 Å². The minimum Gasteiger partial charge on any atom is -0.467 e. The van der Waals surface area contributed by atoms with Crippen molar-refractivity contribution in [3.8, 4) is 0 Å². The summed E-state index contributed by atoms with van der Waals surface area (Å²) in [6.45, 7) is 4.80. The van der Waals surface area contributed by atoms with Gasteiger partial charge in [-0.2, -0.15) is 0 Å². The van der Waals surface area contributed by atoms with E-state index in [1.54, 1.807) is 23.7 Å². The van der Waals surface area contributed by atoms with Gasteiger partial charge in [0.25, 0.3) is 0 Å². The first-order valence-electron chi connectivity index (χ1n) is 7.41. The maximum atomic E-state index is 12.1. The molecule has 6 heteroatoms. The molecule has 0 saturated heterocycles. The van der Waals surface area contributed by atoms with Crippen molar-refractivity contribution >= 4 is 32.6 Å². The van der Waals surface area contributed by atoms with E-state index in [9.17, 15) is 4.79 Å². The molecule has 0 saturated carbocycles. The van der Waals surface area contributed by atoms with Crippen molar-refractivity contribution in [2.75, 3.05) is 18.5 Å². The van der Waals surface area contributed by atoms with Gasteiger partial charge in [0.1, 0.15) is 5.76 Å². The molecule has 0 unspecified atom stereocenters. The Hall–Kier alpha value is -2.34. The van der Waals surface area contributed by atoms with Crippen LogP contribution in [0.4, 0.5) is 5.13 Å². The third-order valence-corrected chi connectivity index (χ3v) is 4.98. The number of amides is 1. The molecule has 3 rings (SSSR count). The van der Waals surface area contributed by atoms with Gasteiger partial charge in [-0.05, 0) is 37.1 Å². The quantitative estimate of drug-likeness (QED) is 0.780. The molecule has 0 aliphatic carbocycles. The second-order valence-electron chi connectivity index (χ2n) is 5.59. The third-order valence-electron chi connectivity index (χ3n) is 3.68. The summed E-state index contributed by atoms with van der Waals surface area (Å²) in [5.41, 5.74) is 3.39. The number of fused-ring (bicyclic) bond motifs is 1. The lowest BCUT2D eigenvalue weighted by molar-refractivity contribution is -0.119. The van der Waals surface area contributed by atoms with Crippen molar-refractivity contribution in [3.63, 3.8) is 0 Å². The van der Waals surface area contributed by atoms with Crippen molar-refractivity contribution in [2.45, 2.75) is 20.4 Å². The standard InChI is InChI=1S/C17H19N3O2S/c1-11-6-7-12(2)16-15(11)19-17(23-16)20(3)10-14(21)18-9-13-5-4-8-22-13/h4-8H,9-10H2,1-3H3,(H,18,21). The van der Waals surface area contributed by atoms with Gasteiger partial charge in [0.05, 0.1) is 29.6 Å². The minimum atomic E-state index is -0.0587. The van der Waals surface area contributed by atoms with Crippen LogP contribution in [0.15, 0.2) is 34.9 Å². The minimum absolute atomic E-state index is 0.0587. The number of aromatic nitrogens is 1. The summed E-state index contributed by atoms with van der Waals surface area (Å²) in [7, 11) is 1.88. The third kappa shape index (κ3) is 3.37. The van der Waals surface area contributed by atoms with E-state index in [2.05, 4.69) is 36.3 Å². The number of hydrogen-bond acceptors (Lipinski definition) is 5. The number of benzene rings is 1. The summed E-state index contributed by atoms with van der Waals surface area (Å²) in [6.07, 6.45) is 1.60. The van der Waals surface area contributed by atoms with Crippen LogP contribution in [0.25, 0.3) is 10.2 Å². The Labute approximate surface area is 138 Å². The van der Waals surface area contributed by atoms with E-state index in [1.165, 1.54) is 10.3 Å². The lowest BCUT2D eigenvalue weighted by Crippen LogP contribution is -2.34. The molecule has 2 heterocycles. The van der Waals surface area contributed by atoms with E-state index in [-0.39, 0.29) is 12.5 Å². The van der Waals surface area contributed by atoms with Crippen LogP contribution < -0.4 is 10.2 Å². The maximum absolute atomic E-state index is 12.1. The zero-order valence-electron chi connectivity index (χ0n) is 13.4. The Morgan fingerprint density at radius 1 is 1.30 bits per heavy atom. The van der Waals surface area contributed by atoms with Gasteiger partial charge in [0.15, 0.2) is 5.13 Å². The van der Waals surface area contributed by atoms with Crippen molar-refractivity contribution in [1.82, 2.24) is 10.3 Å². The maximum Gasteiger partial charge on any atom is 0.239 e. The number of nitrogens with one attached hydrogen (secondary N) is 1. The number of anilines is 1. The van der Waals surface area contributed by atoms with Crippen molar-refractivity contribution < 1.29 is 9.21 Å². The summed E-state index contributed by atoms with van der Waals surface area (Å²) in [5, 5.41) is 3.70. The zero-order chi connectivity index (χ0) is 16.4. The number of nitrogens with zero attached hydrogens (tertiary/aromatic N) is 2. The number of furan rings is 1. The van der Waals surface area contributed by atoms with Gasteiger partial charge in [-0.15, -0.1) is 0 Å². The largest absolute Gasteiger partial charge is 0.467 e. The number of carbonyl (C=O) groups is 1. The summed E-state index contributed by atoms with van der Waals surface area (Å²) in [4.78, 5) is 18.6. The molecule has 1 N–H and O–H groups in total. The molecule has 3 aromatic rings. The zero-order valence-corrected chi connectivity index (χ0v) is 14.2. The summed E-state index contributed by atoms with van der Waals surface area (Å²) >= 11 is 1.62. The van der Waals surface area contributed by atoms with Crippen LogP contribution in [0.3, 0.4) is 0 Å². The molecule has 23 heavy (non-hydrogen) atoms. The smallest absolute Gasteiger partial charge is 0.239 e. The first kappa shape index (κ1) is 15.6. The molecule has 0 aliphatic heterocycles. The van der Waals surface area contributed by atoms with Gasteiger partial charge in [-0.1, -0.05) is 23.5 Å². The fraction of sp³-hybridized carbons (Fsp3) is 0.294. The topological polar surface area (TPSA) is 58.4 Å². The van der Waals surface area contributed by atoms with Gasteiger partial charge < -0.3 is 14.6 Å². The molecule has 120 valence electrons. The number of carbonyl (C=O) groups excluding carboxylic acids is 1. The van der Waals surface area contributed by atoms with Gasteiger partial charge in [-0.25, -0.2) is 4.98 Å². The highest BCUT2D eigenvalue weighted by atomic mass is 32.1. The monoisotopic (exact) mass is 329 g/mol. The number of aryl methyl sites for hydroxylation is 2. The Balaban J connectivity index is 1.68. The predicted octanol–water partition coefficient (Wildman–Crippen LogP) is 3.26. The molecule has 5 nitrogen and oxygen atoms in total. The number of likely N-dealkylation sites (N-methyl/N-ethyl adjacent to an activating group) is 1. The molecule has 0 atom stereocenters. The van der Waals surface area contributed by atoms with E-state index in [1.807, 2.05) is 18.0 Å². The van der Waals surface area contributed by atoms with Crippen molar-refractivity contribution in [3.05, 3.63) is 47.4 Å². The van der Waals surface area contributed by atoms with E-state index >= 15 is 0 Å². The molecule has 2 aromatic heterocycles. The summed E-state index contributed by atoms with van der Waals surface area (Å²) < 4.78 is 6.38. The molecular formula is C17H19N3O2S. The highest BCUT2D eigenvalue weighted by Gasteiger charge is 2.14. The molecule has 1 aromatic carbocycles. The number of rotatable bonds is 5. The molecular weight excluding hydrogens is 310 g/mol. The van der Waals surface area contributed by atoms with Crippen LogP contribution in [0, 0.1) is 13.8 Å². The lowest BCUT2D eigenvalue weighted by Gasteiger charge is -2.14. The molecule has 0 spiro atoms. The van der Waals surface area contributed by atoms with Crippen molar-refractivity contribution in [2.24, 2.45) is 0 Å². The lowest BCUT2D eigenvalue weighted by atomic mass is 10.1. The second kappa shape index (κ2) is 6.42. The van der Waals surface area contributed by atoms with Gasteiger partial charge in [0, 0.05) is 7.05 Å².